The predicted octanol–water partition coefficient (Wildman–Crippen LogP) is 0.667. The number of aromatic nitrogens is 2. The maximum atomic E-state index is 11.7. The van der Waals surface area contributed by atoms with Crippen molar-refractivity contribution in [2.45, 2.75) is 43.7 Å². The Morgan fingerprint density at radius 2 is 2.28 bits per heavy atom. The number of nitrogens with two attached hydrogens (primary N) is 1. The van der Waals surface area contributed by atoms with Gasteiger partial charge in [-0.05, 0) is 31.7 Å². The second-order valence-corrected chi connectivity index (χ2v) is 7.95. The molecule has 1 aliphatic carbocycles. The highest BCUT2D eigenvalue weighted by atomic mass is 32.2. The summed E-state index contributed by atoms with van der Waals surface area (Å²) in [6.07, 6.45) is 6.31. The van der Waals surface area contributed by atoms with Gasteiger partial charge in [-0.3, -0.25) is 4.68 Å². The Labute approximate surface area is 107 Å². The quantitative estimate of drug-likeness (QED) is 0.874. The van der Waals surface area contributed by atoms with Crippen LogP contribution in [0.2, 0.25) is 0 Å². The van der Waals surface area contributed by atoms with Crippen LogP contribution in [0.15, 0.2) is 12.3 Å². The van der Waals surface area contributed by atoms with Crippen molar-refractivity contribution in [2.24, 2.45) is 5.73 Å². The van der Waals surface area contributed by atoms with Crippen molar-refractivity contribution < 1.29 is 8.42 Å². The van der Waals surface area contributed by atoms with E-state index in [1.54, 1.807) is 6.20 Å². The fraction of sp³-hybridized carbons (Fsp3) is 0.750. The van der Waals surface area contributed by atoms with Gasteiger partial charge in [0.05, 0.1) is 17.5 Å². The minimum absolute atomic E-state index is 0.00361. The van der Waals surface area contributed by atoms with Crippen molar-refractivity contribution in [3.8, 4) is 0 Å². The Morgan fingerprint density at radius 1 is 1.50 bits per heavy atom. The fourth-order valence-corrected chi connectivity index (χ4v) is 4.37. The Balaban J connectivity index is 1.81. The van der Waals surface area contributed by atoms with E-state index in [4.69, 9.17) is 5.73 Å². The van der Waals surface area contributed by atoms with E-state index in [0.29, 0.717) is 5.75 Å². The van der Waals surface area contributed by atoms with Crippen LogP contribution >= 0.6 is 0 Å². The molecule has 2 fully saturated rings. The first-order chi connectivity index (χ1) is 8.48. The third kappa shape index (κ3) is 2.44. The van der Waals surface area contributed by atoms with Crippen LogP contribution in [0.25, 0.3) is 0 Å². The van der Waals surface area contributed by atoms with Crippen LogP contribution < -0.4 is 5.73 Å². The average Bonchev–Trinajstić information content (AvgIpc) is 2.84. The first kappa shape index (κ1) is 12.2. The summed E-state index contributed by atoms with van der Waals surface area (Å²) in [5.41, 5.74) is 7.15. The summed E-state index contributed by atoms with van der Waals surface area (Å²) in [5.74, 6) is 0.542. The largest absolute Gasteiger partial charge is 0.325 e. The van der Waals surface area contributed by atoms with Gasteiger partial charge in [-0.1, -0.05) is 0 Å². The molecular formula is C12H19N3O2S. The summed E-state index contributed by atoms with van der Waals surface area (Å²) >= 11 is 0. The molecule has 3 rings (SSSR count). The van der Waals surface area contributed by atoms with Crippen molar-refractivity contribution in [1.29, 1.82) is 0 Å². The maximum Gasteiger partial charge on any atom is 0.152 e. The SMILES string of the molecule is NC1(Cc2ccnn2C2CCCS(=O)(=O)C2)CC1. The van der Waals surface area contributed by atoms with E-state index >= 15 is 0 Å². The molecule has 0 bridgehead atoms. The lowest BCUT2D eigenvalue weighted by Crippen LogP contribution is -2.31. The molecule has 0 radical (unpaired) electrons. The smallest absolute Gasteiger partial charge is 0.152 e. The van der Waals surface area contributed by atoms with E-state index < -0.39 is 9.84 Å². The van der Waals surface area contributed by atoms with Crippen molar-refractivity contribution in [2.75, 3.05) is 11.5 Å². The first-order valence-electron chi connectivity index (χ1n) is 6.49. The van der Waals surface area contributed by atoms with Crippen LogP contribution in [0.1, 0.15) is 37.4 Å². The first-order valence-corrected chi connectivity index (χ1v) is 8.31. The maximum absolute atomic E-state index is 11.7. The zero-order valence-electron chi connectivity index (χ0n) is 10.4. The van der Waals surface area contributed by atoms with Gasteiger partial charge < -0.3 is 5.73 Å². The molecule has 0 spiro atoms. The summed E-state index contributed by atoms with van der Waals surface area (Å²) in [6.45, 7) is 0. The van der Waals surface area contributed by atoms with E-state index in [1.807, 2.05) is 10.7 Å². The Hall–Kier alpha value is -0.880. The van der Waals surface area contributed by atoms with Crippen molar-refractivity contribution in [3.05, 3.63) is 18.0 Å². The van der Waals surface area contributed by atoms with Gasteiger partial charge in [0, 0.05) is 23.9 Å². The lowest BCUT2D eigenvalue weighted by Gasteiger charge is -2.24. The molecule has 0 amide bonds. The van der Waals surface area contributed by atoms with Crippen LogP contribution in [-0.4, -0.2) is 35.2 Å². The van der Waals surface area contributed by atoms with Crippen LogP contribution in [0, 0.1) is 0 Å². The number of sulfone groups is 1. The molecule has 100 valence electrons. The predicted molar refractivity (Wildman–Crippen MR) is 69.0 cm³/mol. The molecule has 1 aromatic heterocycles. The third-order valence-corrected chi connectivity index (χ3v) is 5.77. The zero-order valence-corrected chi connectivity index (χ0v) is 11.2. The molecule has 1 unspecified atom stereocenters. The lowest BCUT2D eigenvalue weighted by molar-refractivity contribution is 0.417. The Morgan fingerprint density at radius 3 is 2.94 bits per heavy atom. The van der Waals surface area contributed by atoms with Gasteiger partial charge in [-0.25, -0.2) is 8.42 Å². The molecule has 1 saturated heterocycles. The molecular weight excluding hydrogens is 250 g/mol. The highest BCUT2D eigenvalue weighted by Gasteiger charge is 2.39. The molecule has 5 nitrogen and oxygen atoms in total. The van der Waals surface area contributed by atoms with Crippen molar-refractivity contribution in [3.63, 3.8) is 0 Å². The second kappa shape index (κ2) is 4.06. The van der Waals surface area contributed by atoms with Gasteiger partial charge in [-0.2, -0.15) is 5.10 Å². The standard InChI is InChI=1S/C12H19N3O2S/c13-12(4-5-12)8-10-3-6-14-15(10)11-2-1-7-18(16,17)9-11/h3,6,11H,1-2,4-5,7-9,13H2. The topological polar surface area (TPSA) is 78.0 Å². The van der Waals surface area contributed by atoms with E-state index in [9.17, 15) is 8.42 Å². The Bertz CT molecular complexity index is 545. The van der Waals surface area contributed by atoms with Gasteiger partial charge in [0.15, 0.2) is 9.84 Å². The molecule has 1 saturated carbocycles. The minimum Gasteiger partial charge on any atom is -0.325 e. The number of hydrogen-bond donors (Lipinski definition) is 1. The molecule has 18 heavy (non-hydrogen) atoms. The second-order valence-electron chi connectivity index (χ2n) is 5.72. The minimum atomic E-state index is -2.89. The van der Waals surface area contributed by atoms with Crippen molar-refractivity contribution in [1.82, 2.24) is 9.78 Å². The number of nitrogens with zero attached hydrogens (tertiary/aromatic N) is 2. The van der Waals surface area contributed by atoms with E-state index in [1.165, 1.54) is 0 Å². The van der Waals surface area contributed by atoms with Gasteiger partial charge >= 0.3 is 0 Å². The zero-order chi connectivity index (χ0) is 12.8. The van der Waals surface area contributed by atoms with Crippen LogP contribution in [0.4, 0.5) is 0 Å². The number of rotatable bonds is 3. The molecule has 2 aliphatic rings. The average molecular weight is 269 g/mol. The van der Waals surface area contributed by atoms with Gasteiger partial charge in [0.25, 0.3) is 0 Å². The number of hydrogen-bond acceptors (Lipinski definition) is 4. The van der Waals surface area contributed by atoms with Crippen molar-refractivity contribution >= 4 is 9.84 Å². The van der Waals surface area contributed by atoms with E-state index in [0.717, 1.165) is 37.8 Å². The Kier molecular flexibility index (Phi) is 2.75. The summed E-state index contributed by atoms with van der Waals surface area (Å²) in [7, 11) is -2.89. The van der Waals surface area contributed by atoms with Gasteiger partial charge in [0.2, 0.25) is 0 Å². The van der Waals surface area contributed by atoms with Crippen LogP contribution in [-0.2, 0) is 16.3 Å². The van der Waals surface area contributed by atoms with Crippen LogP contribution in [0.5, 0.6) is 0 Å². The van der Waals surface area contributed by atoms with Crippen LogP contribution in [0.3, 0.4) is 0 Å². The molecule has 1 aromatic rings. The molecule has 1 atom stereocenters. The summed E-state index contributed by atoms with van der Waals surface area (Å²) in [4.78, 5) is 0. The van der Waals surface area contributed by atoms with Gasteiger partial charge in [-0.15, -0.1) is 0 Å². The summed E-state index contributed by atoms with van der Waals surface area (Å²) in [5, 5.41) is 4.31. The normalized spacial score (nSPS) is 29.1. The van der Waals surface area contributed by atoms with E-state index in [2.05, 4.69) is 5.10 Å². The molecule has 1 aliphatic heterocycles. The fourth-order valence-electron chi connectivity index (χ4n) is 2.70. The molecule has 2 N–H and O–H groups in total. The molecule has 2 heterocycles. The highest BCUT2D eigenvalue weighted by molar-refractivity contribution is 7.91. The van der Waals surface area contributed by atoms with Gasteiger partial charge in [0.1, 0.15) is 0 Å². The van der Waals surface area contributed by atoms with E-state index in [-0.39, 0.29) is 17.3 Å². The highest BCUT2D eigenvalue weighted by Crippen LogP contribution is 2.36. The lowest BCUT2D eigenvalue weighted by atomic mass is 10.1. The summed E-state index contributed by atoms with van der Waals surface area (Å²) in [6, 6.07) is 1.96. The summed E-state index contributed by atoms with van der Waals surface area (Å²) < 4.78 is 25.3. The molecule has 6 heteroatoms. The monoisotopic (exact) mass is 269 g/mol. The molecule has 0 aromatic carbocycles. The third-order valence-electron chi connectivity index (χ3n) is 3.96.